The largest absolute Gasteiger partial charge is 0.467 e. The van der Waals surface area contributed by atoms with Gasteiger partial charge in [0.1, 0.15) is 6.04 Å². The molecule has 1 aliphatic heterocycles. The van der Waals surface area contributed by atoms with Gasteiger partial charge in [-0.3, -0.25) is 4.79 Å². The summed E-state index contributed by atoms with van der Waals surface area (Å²) in [7, 11) is 1.34. The van der Waals surface area contributed by atoms with Crippen molar-refractivity contribution in [3.8, 4) is 0 Å². The summed E-state index contributed by atoms with van der Waals surface area (Å²) in [5, 5.41) is 0. The molecule has 0 saturated carbocycles. The van der Waals surface area contributed by atoms with Crippen molar-refractivity contribution < 1.29 is 14.3 Å². The SMILES string of the molecule is COC(=O)C1CCCN1C(=O)c1cccc(CCl)c1. The van der Waals surface area contributed by atoms with Crippen LogP contribution in [0.5, 0.6) is 0 Å². The summed E-state index contributed by atoms with van der Waals surface area (Å²) in [5.74, 6) is -0.124. The van der Waals surface area contributed by atoms with Crippen LogP contribution in [0.2, 0.25) is 0 Å². The van der Waals surface area contributed by atoms with Crippen LogP contribution in [0.3, 0.4) is 0 Å². The zero-order valence-corrected chi connectivity index (χ0v) is 11.5. The Morgan fingerprint density at radius 3 is 2.95 bits per heavy atom. The number of benzene rings is 1. The second-order valence-corrected chi connectivity index (χ2v) is 4.78. The normalized spacial score (nSPS) is 18.4. The van der Waals surface area contributed by atoms with Gasteiger partial charge in [-0.15, -0.1) is 11.6 Å². The monoisotopic (exact) mass is 281 g/mol. The number of ether oxygens (including phenoxy) is 1. The van der Waals surface area contributed by atoms with Crippen LogP contribution in [0.25, 0.3) is 0 Å². The predicted octanol–water partition coefficient (Wildman–Crippen LogP) is 2.20. The Kier molecular flexibility index (Phi) is 4.43. The van der Waals surface area contributed by atoms with E-state index in [4.69, 9.17) is 16.3 Å². The summed E-state index contributed by atoms with van der Waals surface area (Å²) in [6.45, 7) is 0.587. The third-order valence-electron chi connectivity index (χ3n) is 3.32. The lowest BCUT2D eigenvalue weighted by Gasteiger charge is -2.22. The maximum atomic E-state index is 12.4. The smallest absolute Gasteiger partial charge is 0.328 e. The van der Waals surface area contributed by atoms with Crippen molar-refractivity contribution in [3.05, 3.63) is 35.4 Å². The van der Waals surface area contributed by atoms with Gasteiger partial charge in [0.05, 0.1) is 7.11 Å². The summed E-state index contributed by atoms with van der Waals surface area (Å²) < 4.78 is 4.74. The third kappa shape index (κ3) is 2.89. The molecule has 1 aromatic carbocycles. The number of hydrogen-bond donors (Lipinski definition) is 0. The average Bonchev–Trinajstić information content (AvgIpc) is 2.95. The number of nitrogens with zero attached hydrogens (tertiary/aromatic N) is 1. The molecule has 1 aromatic rings. The fourth-order valence-corrected chi connectivity index (χ4v) is 2.51. The van der Waals surface area contributed by atoms with Gasteiger partial charge < -0.3 is 9.64 Å². The molecule has 1 aliphatic rings. The highest BCUT2D eigenvalue weighted by molar-refractivity contribution is 6.17. The van der Waals surface area contributed by atoms with E-state index in [0.29, 0.717) is 24.4 Å². The first-order valence-electron chi connectivity index (χ1n) is 6.21. The van der Waals surface area contributed by atoms with E-state index in [9.17, 15) is 9.59 Å². The molecule has 1 atom stereocenters. The van der Waals surface area contributed by atoms with E-state index in [-0.39, 0.29) is 11.9 Å². The van der Waals surface area contributed by atoms with Gasteiger partial charge in [-0.25, -0.2) is 4.79 Å². The molecule has 0 spiro atoms. The highest BCUT2D eigenvalue weighted by atomic mass is 35.5. The summed E-state index contributed by atoms with van der Waals surface area (Å²) in [5.41, 5.74) is 1.45. The van der Waals surface area contributed by atoms with E-state index < -0.39 is 6.04 Å². The number of methoxy groups -OCH3 is 1. The van der Waals surface area contributed by atoms with Crippen LogP contribution in [0, 0.1) is 0 Å². The molecule has 0 aromatic heterocycles. The van der Waals surface area contributed by atoms with Crippen molar-refractivity contribution in [2.75, 3.05) is 13.7 Å². The molecule has 5 heteroatoms. The number of rotatable bonds is 3. The highest BCUT2D eigenvalue weighted by Gasteiger charge is 2.35. The standard InChI is InChI=1S/C14H16ClNO3/c1-19-14(18)12-6-3-7-16(12)13(17)11-5-2-4-10(8-11)9-15/h2,4-5,8,12H,3,6-7,9H2,1H3. The molecule has 1 unspecified atom stereocenters. The zero-order chi connectivity index (χ0) is 13.8. The molecule has 0 N–H and O–H groups in total. The summed E-state index contributed by atoms with van der Waals surface area (Å²) in [6, 6.07) is 6.71. The molecular weight excluding hydrogens is 266 g/mol. The van der Waals surface area contributed by atoms with Crippen LogP contribution in [-0.2, 0) is 15.4 Å². The predicted molar refractivity (Wildman–Crippen MR) is 72.1 cm³/mol. The minimum atomic E-state index is -0.461. The van der Waals surface area contributed by atoms with Gasteiger partial charge in [-0.2, -0.15) is 0 Å². The van der Waals surface area contributed by atoms with E-state index in [0.717, 1.165) is 12.0 Å². The summed E-state index contributed by atoms with van der Waals surface area (Å²) in [6.07, 6.45) is 1.48. The third-order valence-corrected chi connectivity index (χ3v) is 3.62. The van der Waals surface area contributed by atoms with E-state index in [2.05, 4.69) is 0 Å². The molecule has 4 nitrogen and oxygen atoms in total. The number of likely N-dealkylation sites (tertiary alicyclic amines) is 1. The van der Waals surface area contributed by atoms with Crippen molar-refractivity contribution in [1.82, 2.24) is 4.90 Å². The first-order valence-corrected chi connectivity index (χ1v) is 6.74. The Labute approximate surface area is 117 Å². The minimum absolute atomic E-state index is 0.139. The van der Waals surface area contributed by atoms with Crippen LogP contribution >= 0.6 is 11.6 Å². The number of alkyl halides is 1. The molecule has 19 heavy (non-hydrogen) atoms. The number of esters is 1. The quantitative estimate of drug-likeness (QED) is 0.630. The molecule has 0 bridgehead atoms. The van der Waals surface area contributed by atoms with Crippen molar-refractivity contribution in [1.29, 1.82) is 0 Å². The van der Waals surface area contributed by atoms with Crippen molar-refractivity contribution >= 4 is 23.5 Å². The van der Waals surface area contributed by atoms with Gasteiger partial charge in [0.2, 0.25) is 0 Å². The second kappa shape index (κ2) is 6.06. The number of carbonyl (C=O) groups excluding carboxylic acids is 2. The van der Waals surface area contributed by atoms with Crippen LogP contribution in [-0.4, -0.2) is 36.5 Å². The van der Waals surface area contributed by atoms with Gasteiger partial charge in [0, 0.05) is 18.0 Å². The minimum Gasteiger partial charge on any atom is -0.467 e. The van der Waals surface area contributed by atoms with Gasteiger partial charge in [0.15, 0.2) is 0 Å². The Morgan fingerprint density at radius 2 is 2.26 bits per heavy atom. The van der Waals surface area contributed by atoms with Crippen LogP contribution in [0.15, 0.2) is 24.3 Å². The van der Waals surface area contributed by atoms with Crippen LogP contribution < -0.4 is 0 Å². The molecule has 1 fully saturated rings. The lowest BCUT2D eigenvalue weighted by Crippen LogP contribution is -2.41. The Bertz CT molecular complexity index is 489. The maximum Gasteiger partial charge on any atom is 0.328 e. The molecule has 0 radical (unpaired) electrons. The van der Waals surface area contributed by atoms with Crippen LogP contribution in [0.4, 0.5) is 0 Å². The second-order valence-electron chi connectivity index (χ2n) is 4.51. The summed E-state index contributed by atoms with van der Waals surface area (Å²) in [4.78, 5) is 25.6. The lowest BCUT2D eigenvalue weighted by molar-refractivity contribution is -0.145. The fourth-order valence-electron chi connectivity index (χ4n) is 2.34. The van der Waals surface area contributed by atoms with E-state index >= 15 is 0 Å². The van der Waals surface area contributed by atoms with E-state index in [1.165, 1.54) is 7.11 Å². The van der Waals surface area contributed by atoms with Crippen molar-refractivity contribution in [2.24, 2.45) is 0 Å². The highest BCUT2D eigenvalue weighted by Crippen LogP contribution is 2.21. The van der Waals surface area contributed by atoms with Gasteiger partial charge in [-0.05, 0) is 30.5 Å². The lowest BCUT2D eigenvalue weighted by atomic mass is 10.1. The first kappa shape index (κ1) is 13.9. The van der Waals surface area contributed by atoms with Gasteiger partial charge >= 0.3 is 5.97 Å². The Morgan fingerprint density at radius 1 is 1.47 bits per heavy atom. The van der Waals surface area contributed by atoms with Crippen molar-refractivity contribution in [3.63, 3.8) is 0 Å². The van der Waals surface area contributed by atoms with Gasteiger partial charge in [0.25, 0.3) is 5.91 Å². The van der Waals surface area contributed by atoms with Crippen LogP contribution in [0.1, 0.15) is 28.8 Å². The summed E-state index contributed by atoms with van der Waals surface area (Å²) >= 11 is 5.77. The van der Waals surface area contributed by atoms with E-state index in [1.54, 1.807) is 23.1 Å². The Hall–Kier alpha value is -1.55. The zero-order valence-electron chi connectivity index (χ0n) is 10.8. The molecule has 102 valence electrons. The van der Waals surface area contributed by atoms with E-state index in [1.807, 2.05) is 6.07 Å². The fraction of sp³-hybridized carbons (Fsp3) is 0.429. The molecular formula is C14H16ClNO3. The molecule has 1 heterocycles. The Balaban J connectivity index is 2.20. The number of hydrogen-bond acceptors (Lipinski definition) is 3. The van der Waals surface area contributed by atoms with Crippen molar-refractivity contribution in [2.45, 2.75) is 24.8 Å². The maximum absolute atomic E-state index is 12.4. The first-order chi connectivity index (χ1) is 9.17. The number of amides is 1. The van der Waals surface area contributed by atoms with Gasteiger partial charge in [-0.1, -0.05) is 12.1 Å². The molecule has 1 amide bonds. The number of carbonyl (C=O) groups is 2. The average molecular weight is 282 g/mol. The molecule has 0 aliphatic carbocycles. The molecule has 2 rings (SSSR count). The topological polar surface area (TPSA) is 46.6 Å². The number of halogens is 1. The molecule has 1 saturated heterocycles.